The molecule has 1 N–H and O–H groups in total. The van der Waals surface area contributed by atoms with Crippen LogP contribution >= 0.6 is 0 Å². The summed E-state index contributed by atoms with van der Waals surface area (Å²) in [7, 11) is 2.01. The number of carbonyl (C=O) groups is 1. The van der Waals surface area contributed by atoms with Crippen LogP contribution < -0.4 is 5.32 Å². The molecular formula is C14H27N3O. The number of rotatable bonds is 4. The summed E-state index contributed by atoms with van der Waals surface area (Å²) in [4.78, 5) is 16.8. The van der Waals surface area contributed by atoms with E-state index < -0.39 is 0 Å². The summed E-state index contributed by atoms with van der Waals surface area (Å²) >= 11 is 0. The van der Waals surface area contributed by atoms with Gasteiger partial charge < -0.3 is 10.2 Å². The third-order valence-electron chi connectivity index (χ3n) is 4.37. The third kappa shape index (κ3) is 3.23. The molecule has 2 rings (SSSR count). The number of hydrogen-bond donors (Lipinski definition) is 1. The fourth-order valence-corrected chi connectivity index (χ4v) is 3.26. The normalized spacial score (nSPS) is 27.4. The largest absolute Gasteiger partial charge is 0.341 e. The smallest absolute Gasteiger partial charge is 0.239 e. The van der Waals surface area contributed by atoms with E-state index in [0.717, 1.165) is 32.7 Å². The van der Waals surface area contributed by atoms with E-state index in [4.69, 9.17) is 0 Å². The maximum absolute atomic E-state index is 12.4. The molecule has 2 aliphatic heterocycles. The van der Waals surface area contributed by atoms with E-state index in [-0.39, 0.29) is 6.04 Å². The lowest BCUT2D eigenvalue weighted by Crippen LogP contribution is -2.50. The molecule has 0 aromatic rings. The molecule has 2 saturated heterocycles. The van der Waals surface area contributed by atoms with Crippen molar-refractivity contribution in [3.05, 3.63) is 0 Å². The molecule has 18 heavy (non-hydrogen) atoms. The molecule has 2 unspecified atom stereocenters. The quantitative estimate of drug-likeness (QED) is 0.809. The zero-order valence-electron chi connectivity index (χ0n) is 11.8. The summed E-state index contributed by atoms with van der Waals surface area (Å²) < 4.78 is 0. The van der Waals surface area contributed by atoms with Gasteiger partial charge in [-0.1, -0.05) is 0 Å². The van der Waals surface area contributed by atoms with Crippen molar-refractivity contribution in [1.82, 2.24) is 15.1 Å². The zero-order chi connectivity index (χ0) is 13.0. The minimum absolute atomic E-state index is 0.0720. The van der Waals surface area contributed by atoms with Crippen molar-refractivity contribution in [3.8, 4) is 0 Å². The lowest BCUT2D eigenvalue weighted by Gasteiger charge is -2.37. The van der Waals surface area contributed by atoms with Crippen LogP contribution in [-0.4, -0.2) is 61.5 Å². The third-order valence-corrected chi connectivity index (χ3v) is 4.37. The summed E-state index contributed by atoms with van der Waals surface area (Å²) in [5.74, 6) is 1.05. The van der Waals surface area contributed by atoms with Crippen LogP contribution in [-0.2, 0) is 4.79 Å². The van der Waals surface area contributed by atoms with E-state index in [0.29, 0.717) is 11.8 Å². The van der Waals surface area contributed by atoms with Crippen LogP contribution in [0, 0.1) is 5.92 Å². The number of carbonyl (C=O) groups excluding carboxylic acids is 1. The van der Waals surface area contributed by atoms with E-state index in [1.165, 1.54) is 25.7 Å². The highest BCUT2D eigenvalue weighted by Gasteiger charge is 2.30. The molecule has 2 fully saturated rings. The highest BCUT2D eigenvalue weighted by Crippen LogP contribution is 2.20. The Morgan fingerprint density at radius 3 is 2.67 bits per heavy atom. The highest BCUT2D eigenvalue weighted by molar-refractivity contribution is 5.81. The van der Waals surface area contributed by atoms with Crippen LogP contribution in [0.1, 0.15) is 32.6 Å². The van der Waals surface area contributed by atoms with Crippen molar-refractivity contribution in [2.24, 2.45) is 5.92 Å². The highest BCUT2D eigenvalue weighted by atomic mass is 16.2. The Bertz CT molecular complexity index is 274. The molecule has 4 heteroatoms. The van der Waals surface area contributed by atoms with Gasteiger partial charge in [0, 0.05) is 19.6 Å². The molecule has 4 nitrogen and oxygen atoms in total. The van der Waals surface area contributed by atoms with E-state index in [2.05, 4.69) is 17.1 Å². The van der Waals surface area contributed by atoms with Crippen LogP contribution in [0.25, 0.3) is 0 Å². The number of nitrogens with zero attached hydrogens (tertiary/aromatic N) is 2. The number of amides is 1. The molecule has 2 aliphatic rings. The molecule has 2 atom stereocenters. The SMILES string of the molecule is CNCC1CCCN(C(C)C(=O)N2CCCC2)C1. The number of hydrogen-bond acceptors (Lipinski definition) is 3. The average molecular weight is 253 g/mol. The molecular weight excluding hydrogens is 226 g/mol. The van der Waals surface area contributed by atoms with E-state index in [9.17, 15) is 4.79 Å². The first-order valence-corrected chi connectivity index (χ1v) is 7.40. The van der Waals surface area contributed by atoms with Gasteiger partial charge in [0.15, 0.2) is 0 Å². The van der Waals surface area contributed by atoms with Crippen molar-refractivity contribution in [2.75, 3.05) is 39.8 Å². The van der Waals surface area contributed by atoms with Gasteiger partial charge in [0.1, 0.15) is 0 Å². The first-order chi connectivity index (χ1) is 8.72. The Morgan fingerprint density at radius 2 is 2.00 bits per heavy atom. The van der Waals surface area contributed by atoms with Crippen molar-refractivity contribution in [2.45, 2.75) is 38.6 Å². The number of nitrogens with one attached hydrogen (secondary N) is 1. The monoisotopic (exact) mass is 253 g/mol. The molecule has 1 amide bonds. The Kier molecular flexibility index (Phi) is 5.01. The molecule has 0 aliphatic carbocycles. The summed E-state index contributed by atoms with van der Waals surface area (Å²) in [6.45, 7) is 7.25. The lowest BCUT2D eigenvalue weighted by atomic mass is 9.96. The molecule has 0 aromatic heterocycles. The fraction of sp³-hybridized carbons (Fsp3) is 0.929. The van der Waals surface area contributed by atoms with Gasteiger partial charge in [-0.2, -0.15) is 0 Å². The molecule has 0 bridgehead atoms. The lowest BCUT2D eigenvalue weighted by molar-refractivity contribution is -0.136. The van der Waals surface area contributed by atoms with Crippen LogP contribution in [0.3, 0.4) is 0 Å². The van der Waals surface area contributed by atoms with Gasteiger partial charge in [-0.15, -0.1) is 0 Å². The first kappa shape index (κ1) is 13.8. The van der Waals surface area contributed by atoms with Crippen molar-refractivity contribution < 1.29 is 4.79 Å². The van der Waals surface area contributed by atoms with Crippen LogP contribution in [0.5, 0.6) is 0 Å². The molecule has 2 heterocycles. The van der Waals surface area contributed by atoms with Gasteiger partial charge in [0.2, 0.25) is 5.91 Å². The molecule has 0 spiro atoms. The van der Waals surface area contributed by atoms with Gasteiger partial charge in [0.05, 0.1) is 6.04 Å². The minimum atomic E-state index is 0.0720. The summed E-state index contributed by atoms with van der Waals surface area (Å²) in [6, 6.07) is 0.0720. The van der Waals surface area contributed by atoms with E-state index in [1.807, 2.05) is 11.9 Å². The van der Waals surface area contributed by atoms with E-state index in [1.54, 1.807) is 0 Å². The Morgan fingerprint density at radius 1 is 1.28 bits per heavy atom. The maximum atomic E-state index is 12.4. The predicted molar refractivity (Wildman–Crippen MR) is 73.5 cm³/mol. The van der Waals surface area contributed by atoms with Crippen LogP contribution in [0.4, 0.5) is 0 Å². The van der Waals surface area contributed by atoms with E-state index >= 15 is 0 Å². The summed E-state index contributed by atoms with van der Waals surface area (Å²) in [6.07, 6.45) is 4.88. The zero-order valence-corrected chi connectivity index (χ0v) is 11.8. The maximum Gasteiger partial charge on any atom is 0.239 e. The topological polar surface area (TPSA) is 35.6 Å². The average Bonchev–Trinajstić information content (AvgIpc) is 2.91. The van der Waals surface area contributed by atoms with Gasteiger partial charge in [0.25, 0.3) is 0 Å². The first-order valence-electron chi connectivity index (χ1n) is 7.40. The van der Waals surface area contributed by atoms with Crippen molar-refractivity contribution in [3.63, 3.8) is 0 Å². The van der Waals surface area contributed by atoms with Crippen molar-refractivity contribution in [1.29, 1.82) is 0 Å². The Hall–Kier alpha value is -0.610. The second-order valence-corrected chi connectivity index (χ2v) is 5.77. The Balaban J connectivity index is 1.87. The fourth-order valence-electron chi connectivity index (χ4n) is 3.26. The van der Waals surface area contributed by atoms with Crippen LogP contribution in [0.2, 0.25) is 0 Å². The summed E-state index contributed by atoms with van der Waals surface area (Å²) in [5.41, 5.74) is 0. The van der Waals surface area contributed by atoms with Crippen molar-refractivity contribution >= 4 is 5.91 Å². The number of piperidine rings is 1. The molecule has 0 radical (unpaired) electrons. The molecule has 0 aromatic carbocycles. The Labute approximate surface area is 111 Å². The minimum Gasteiger partial charge on any atom is -0.341 e. The van der Waals surface area contributed by atoms with Gasteiger partial charge in [-0.3, -0.25) is 9.69 Å². The van der Waals surface area contributed by atoms with Gasteiger partial charge >= 0.3 is 0 Å². The second kappa shape index (κ2) is 6.53. The van der Waals surface area contributed by atoms with Gasteiger partial charge in [-0.05, 0) is 58.7 Å². The predicted octanol–water partition coefficient (Wildman–Crippen LogP) is 0.929. The standard InChI is InChI=1S/C14H27N3O/c1-12(14(18)16-7-3-4-8-16)17-9-5-6-13(11-17)10-15-2/h12-13,15H,3-11H2,1-2H3. The van der Waals surface area contributed by atoms with Crippen LogP contribution in [0.15, 0.2) is 0 Å². The summed E-state index contributed by atoms with van der Waals surface area (Å²) in [5, 5.41) is 3.26. The van der Waals surface area contributed by atoms with Gasteiger partial charge in [-0.25, -0.2) is 0 Å². The molecule has 0 saturated carbocycles. The second-order valence-electron chi connectivity index (χ2n) is 5.77. The number of likely N-dealkylation sites (tertiary alicyclic amines) is 2. The molecule has 104 valence electrons.